The molecule has 0 bridgehead atoms. The van der Waals surface area contributed by atoms with Crippen molar-refractivity contribution in [3.8, 4) is 0 Å². The average Bonchev–Trinajstić information content (AvgIpc) is 2.85. The molecule has 1 aliphatic heterocycles. The molecule has 5 N–H and O–H groups in total. The summed E-state index contributed by atoms with van der Waals surface area (Å²) in [6.45, 7) is 0.162. The van der Waals surface area contributed by atoms with Gasteiger partial charge in [0.25, 0.3) is 0 Å². The molecular weight excluding hydrogens is 288 g/mol. The second-order valence-corrected chi connectivity index (χ2v) is 5.04. The van der Waals surface area contributed by atoms with Crippen LogP contribution in [0.4, 0.5) is 5.82 Å². The fraction of sp³-hybridized carbons (Fsp3) is 0.455. The van der Waals surface area contributed by atoms with Gasteiger partial charge in [0.05, 0.1) is 17.0 Å². The third kappa shape index (κ3) is 2.02. The van der Waals surface area contributed by atoms with Crippen LogP contribution >= 0.6 is 11.6 Å². The Morgan fingerprint density at radius 2 is 2.05 bits per heavy atom. The van der Waals surface area contributed by atoms with Crippen LogP contribution in [0.1, 0.15) is 0 Å². The van der Waals surface area contributed by atoms with Gasteiger partial charge in [0.15, 0.2) is 6.29 Å². The Bertz CT molecular complexity index is 649. The Labute approximate surface area is 118 Å². The highest BCUT2D eigenvalue weighted by molar-refractivity contribution is 6.36. The van der Waals surface area contributed by atoms with Crippen LogP contribution in [0.3, 0.4) is 0 Å². The first-order chi connectivity index (χ1) is 9.49. The predicted octanol–water partition coefficient (Wildman–Crippen LogP) is -0.894. The van der Waals surface area contributed by atoms with Crippen LogP contribution < -0.4 is 5.73 Å². The van der Waals surface area contributed by atoms with Gasteiger partial charge < -0.3 is 30.4 Å². The summed E-state index contributed by atoms with van der Waals surface area (Å²) >= 11 is 6.08. The van der Waals surface area contributed by atoms with Crippen molar-refractivity contribution in [1.29, 1.82) is 0 Å². The van der Waals surface area contributed by atoms with Crippen molar-refractivity contribution in [2.24, 2.45) is 0 Å². The lowest BCUT2D eigenvalue weighted by molar-refractivity contribution is -0.128. The Morgan fingerprint density at radius 3 is 2.70 bits per heavy atom. The molecule has 3 rings (SSSR count). The van der Waals surface area contributed by atoms with E-state index in [2.05, 4.69) is 9.97 Å². The highest BCUT2D eigenvalue weighted by atomic mass is 35.5. The smallest absolute Gasteiger partial charge is 0.184 e. The monoisotopic (exact) mass is 300 g/mol. The van der Waals surface area contributed by atoms with Gasteiger partial charge in [-0.1, -0.05) is 11.6 Å². The SMILES string of the molecule is Nc1ncnc2c1c(Cl)cn2C[C@H]1O[C@@H](O)[C@H](O)[C@@H]1O. The van der Waals surface area contributed by atoms with E-state index in [0.29, 0.717) is 16.1 Å². The van der Waals surface area contributed by atoms with Gasteiger partial charge in [-0.15, -0.1) is 0 Å². The van der Waals surface area contributed by atoms with Gasteiger partial charge in [0.2, 0.25) is 0 Å². The summed E-state index contributed by atoms with van der Waals surface area (Å²) in [6, 6.07) is 0. The number of ether oxygens (including phenoxy) is 1. The quantitative estimate of drug-likeness (QED) is 0.566. The molecule has 2 aromatic rings. The highest BCUT2D eigenvalue weighted by Gasteiger charge is 2.42. The molecule has 1 aliphatic rings. The molecule has 2 aromatic heterocycles. The number of fused-ring (bicyclic) bond motifs is 1. The second kappa shape index (κ2) is 4.83. The Morgan fingerprint density at radius 1 is 1.30 bits per heavy atom. The van der Waals surface area contributed by atoms with E-state index in [4.69, 9.17) is 22.1 Å². The van der Waals surface area contributed by atoms with Crippen LogP contribution in [0.5, 0.6) is 0 Å². The molecule has 9 heteroatoms. The summed E-state index contributed by atoms with van der Waals surface area (Å²) in [5, 5.41) is 29.5. The van der Waals surface area contributed by atoms with Crippen molar-refractivity contribution in [3.63, 3.8) is 0 Å². The number of aromatic nitrogens is 3. The number of nitrogen functional groups attached to an aromatic ring is 1. The Hall–Kier alpha value is -1.45. The average molecular weight is 301 g/mol. The number of aliphatic hydroxyl groups excluding tert-OH is 3. The fourth-order valence-electron chi connectivity index (χ4n) is 2.31. The number of hydrogen-bond acceptors (Lipinski definition) is 7. The molecule has 8 nitrogen and oxygen atoms in total. The first kappa shape index (κ1) is 13.5. The first-order valence-electron chi connectivity index (χ1n) is 5.93. The zero-order valence-corrected chi connectivity index (χ0v) is 11.0. The second-order valence-electron chi connectivity index (χ2n) is 4.63. The van der Waals surface area contributed by atoms with Crippen LogP contribution in [0.15, 0.2) is 12.5 Å². The zero-order valence-electron chi connectivity index (χ0n) is 10.2. The number of aliphatic hydroxyl groups is 3. The van der Waals surface area contributed by atoms with Crippen LogP contribution in [0.2, 0.25) is 5.02 Å². The molecule has 1 saturated heterocycles. The number of nitrogens with two attached hydrogens (primary N) is 1. The lowest BCUT2D eigenvalue weighted by atomic mass is 10.1. The number of rotatable bonds is 2. The van der Waals surface area contributed by atoms with E-state index < -0.39 is 24.6 Å². The minimum atomic E-state index is -1.41. The van der Waals surface area contributed by atoms with E-state index in [-0.39, 0.29) is 12.4 Å². The molecule has 0 spiro atoms. The molecule has 108 valence electrons. The summed E-state index contributed by atoms with van der Waals surface area (Å²) in [6.07, 6.45) is -1.82. The molecule has 0 aliphatic carbocycles. The van der Waals surface area contributed by atoms with Gasteiger partial charge in [-0.05, 0) is 0 Å². The van der Waals surface area contributed by atoms with E-state index in [1.165, 1.54) is 6.33 Å². The molecule has 0 unspecified atom stereocenters. The molecule has 0 saturated carbocycles. The zero-order chi connectivity index (χ0) is 14.4. The van der Waals surface area contributed by atoms with E-state index in [1.54, 1.807) is 10.8 Å². The van der Waals surface area contributed by atoms with Gasteiger partial charge in [0.1, 0.15) is 36.1 Å². The van der Waals surface area contributed by atoms with Crippen molar-refractivity contribution in [2.75, 3.05) is 5.73 Å². The third-order valence-corrected chi connectivity index (χ3v) is 3.64. The standard InChI is InChI=1S/C11H13ClN4O4/c12-4-1-16(10-6(4)9(13)14-3-15-10)2-5-7(17)8(18)11(19)20-5/h1,3,5,7-8,11,17-19H,2H2,(H2,13,14,15)/t5-,7-,8-,11-/m1/s1. The molecule has 1 fully saturated rings. The summed E-state index contributed by atoms with van der Waals surface area (Å²) in [5.41, 5.74) is 6.24. The van der Waals surface area contributed by atoms with Crippen molar-refractivity contribution in [2.45, 2.75) is 31.1 Å². The molecular formula is C11H13ClN4O4. The van der Waals surface area contributed by atoms with Crippen LogP contribution in [0.25, 0.3) is 11.0 Å². The van der Waals surface area contributed by atoms with Crippen molar-refractivity contribution < 1.29 is 20.1 Å². The molecule has 0 radical (unpaired) electrons. The molecule has 3 heterocycles. The number of anilines is 1. The summed E-state index contributed by atoms with van der Waals surface area (Å²) < 4.78 is 6.73. The molecule has 20 heavy (non-hydrogen) atoms. The van der Waals surface area contributed by atoms with Gasteiger partial charge in [-0.2, -0.15) is 0 Å². The largest absolute Gasteiger partial charge is 0.387 e. The van der Waals surface area contributed by atoms with Gasteiger partial charge in [-0.3, -0.25) is 0 Å². The summed E-state index contributed by atoms with van der Waals surface area (Å²) in [4.78, 5) is 7.95. The van der Waals surface area contributed by atoms with Gasteiger partial charge >= 0.3 is 0 Å². The molecule has 4 atom stereocenters. The van der Waals surface area contributed by atoms with Crippen molar-refractivity contribution >= 4 is 28.5 Å². The summed E-state index contributed by atoms with van der Waals surface area (Å²) in [5.74, 6) is 0.256. The summed E-state index contributed by atoms with van der Waals surface area (Å²) in [7, 11) is 0. The van der Waals surface area contributed by atoms with E-state index in [0.717, 1.165) is 0 Å². The topological polar surface area (TPSA) is 127 Å². The van der Waals surface area contributed by atoms with Gasteiger partial charge in [-0.25, -0.2) is 9.97 Å². The molecule has 0 amide bonds. The van der Waals surface area contributed by atoms with Gasteiger partial charge in [0, 0.05) is 6.20 Å². The Kier molecular flexibility index (Phi) is 3.27. The fourth-order valence-corrected chi connectivity index (χ4v) is 2.61. The predicted molar refractivity (Wildman–Crippen MR) is 69.8 cm³/mol. The maximum Gasteiger partial charge on any atom is 0.184 e. The van der Waals surface area contributed by atoms with Crippen LogP contribution in [-0.2, 0) is 11.3 Å². The third-order valence-electron chi connectivity index (χ3n) is 3.35. The lowest BCUT2D eigenvalue weighted by Crippen LogP contribution is -2.34. The maximum absolute atomic E-state index is 9.78. The normalized spacial score (nSPS) is 30.2. The van der Waals surface area contributed by atoms with E-state index >= 15 is 0 Å². The first-order valence-corrected chi connectivity index (χ1v) is 6.31. The number of nitrogens with zero attached hydrogens (tertiary/aromatic N) is 3. The van der Waals surface area contributed by atoms with E-state index in [1.807, 2.05) is 0 Å². The molecule has 0 aromatic carbocycles. The van der Waals surface area contributed by atoms with Crippen molar-refractivity contribution in [1.82, 2.24) is 14.5 Å². The number of halogens is 1. The lowest BCUT2D eigenvalue weighted by Gasteiger charge is -2.15. The van der Waals surface area contributed by atoms with Crippen molar-refractivity contribution in [3.05, 3.63) is 17.5 Å². The minimum absolute atomic E-state index is 0.162. The highest BCUT2D eigenvalue weighted by Crippen LogP contribution is 2.29. The minimum Gasteiger partial charge on any atom is -0.387 e. The Balaban J connectivity index is 1.94. The van der Waals surface area contributed by atoms with Crippen LogP contribution in [-0.4, -0.2) is 54.5 Å². The van der Waals surface area contributed by atoms with E-state index in [9.17, 15) is 15.3 Å². The number of hydrogen-bond donors (Lipinski definition) is 4. The van der Waals surface area contributed by atoms with Crippen LogP contribution in [0, 0.1) is 0 Å². The maximum atomic E-state index is 9.78.